The summed E-state index contributed by atoms with van der Waals surface area (Å²) < 4.78 is 24.0. The van der Waals surface area contributed by atoms with Crippen LogP contribution in [0.15, 0.2) is 24.4 Å². The first-order chi connectivity index (χ1) is 7.79. The molecule has 2 aromatic rings. The Bertz CT molecular complexity index is 552. The number of halogens is 1. The van der Waals surface area contributed by atoms with E-state index in [0.29, 0.717) is 17.9 Å². The molecule has 0 N–H and O–H groups in total. The molecule has 2 heterocycles. The minimum Gasteiger partial charge on any atom is -0.497 e. The van der Waals surface area contributed by atoms with E-state index in [1.165, 1.54) is 13.2 Å². The number of aromatic nitrogens is 1. The summed E-state index contributed by atoms with van der Waals surface area (Å²) in [6.45, 7) is 0.692. The largest absolute Gasteiger partial charge is 0.497 e. The molecule has 16 heavy (non-hydrogen) atoms. The Kier molecular flexibility index (Phi) is 2.04. The molecular weight excluding hydrogens is 209 g/mol. The molecule has 1 aliphatic heterocycles. The van der Waals surface area contributed by atoms with Gasteiger partial charge < -0.3 is 9.47 Å². The Labute approximate surface area is 91.8 Å². The highest BCUT2D eigenvalue weighted by Crippen LogP contribution is 2.36. The smallest absolute Gasteiger partial charge is 0.153 e. The van der Waals surface area contributed by atoms with Crippen molar-refractivity contribution in [2.45, 2.75) is 6.10 Å². The SMILES string of the molecule is COc1cc(F)c2nccc(C3CO3)c2c1. The second-order valence-corrected chi connectivity index (χ2v) is 3.73. The van der Waals surface area contributed by atoms with Crippen molar-refractivity contribution in [3.05, 3.63) is 35.8 Å². The molecule has 1 saturated heterocycles. The lowest BCUT2D eigenvalue weighted by Crippen LogP contribution is -1.92. The molecule has 0 bridgehead atoms. The van der Waals surface area contributed by atoms with Crippen molar-refractivity contribution >= 4 is 10.9 Å². The van der Waals surface area contributed by atoms with E-state index < -0.39 is 0 Å². The van der Waals surface area contributed by atoms with Crippen molar-refractivity contribution < 1.29 is 13.9 Å². The van der Waals surface area contributed by atoms with Crippen LogP contribution >= 0.6 is 0 Å². The first-order valence-corrected chi connectivity index (χ1v) is 5.03. The van der Waals surface area contributed by atoms with Gasteiger partial charge in [-0.1, -0.05) is 0 Å². The van der Waals surface area contributed by atoms with Crippen LogP contribution in [0, 0.1) is 5.82 Å². The summed E-state index contributed by atoms with van der Waals surface area (Å²) in [5, 5.41) is 0.766. The number of methoxy groups -OCH3 is 1. The van der Waals surface area contributed by atoms with Gasteiger partial charge in [0.15, 0.2) is 5.82 Å². The average molecular weight is 219 g/mol. The predicted octanol–water partition coefficient (Wildman–Crippen LogP) is 2.45. The van der Waals surface area contributed by atoms with Crippen LogP contribution in [0.3, 0.4) is 0 Å². The lowest BCUT2D eigenvalue weighted by atomic mass is 10.1. The first-order valence-electron chi connectivity index (χ1n) is 5.03. The monoisotopic (exact) mass is 219 g/mol. The van der Waals surface area contributed by atoms with E-state index in [1.807, 2.05) is 6.07 Å². The number of rotatable bonds is 2. The van der Waals surface area contributed by atoms with Crippen molar-refractivity contribution in [3.8, 4) is 5.75 Å². The second-order valence-electron chi connectivity index (χ2n) is 3.73. The molecule has 1 aromatic carbocycles. The number of benzene rings is 1. The fraction of sp³-hybridized carbons (Fsp3) is 0.250. The molecule has 1 fully saturated rings. The third-order valence-electron chi connectivity index (χ3n) is 2.72. The maximum absolute atomic E-state index is 13.7. The van der Waals surface area contributed by atoms with E-state index in [-0.39, 0.29) is 11.9 Å². The number of pyridine rings is 1. The normalized spacial score (nSPS) is 18.8. The van der Waals surface area contributed by atoms with E-state index in [4.69, 9.17) is 9.47 Å². The van der Waals surface area contributed by atoms with E-state index in [1.54, 1.807) is 12.3 Å². The third kappa shape index (κ3) is 1.42. The summed E-state index contributed by atoms with van der Waals surface area (Å²) in [5.74, 6) is 0.136. The summed E-state index contributed by atoms with van der Waals surface area (Å²) >= 11 is 0. The van der Waals surface area contributed by atoms with Gasteiger partial charge in [0.2, 0.25) is 0 Å². The Morgan fingerprint density at radius 2 is 2.31 bits per heavy atom. The highest BCUT2D eigenvalue weighted by Gasteiger charge is 2.27. The molecule has 0 saturated carbocycles. The number of epoxide rings is 1. The molecule has 0 aliphatic carbocycles. The second kappa shape index (κ2) is 3.42. The molecule has 1 aliphatic rings. The molecule has 0 amide bonds. The standard InChI is InChI=1S/C12H10FNO2/c1-15-7-4-9-8(11-6-16-11)2-3-14-12(9)10(13)5-7/h2-5,11H,6H2,1H3. The summed E-state index contributed by atoms with van der Waals surface area (Å²) in [4.78, 5) is 4.04. The van der Waals surface area contributed by atoms with Crippen molar-refractivity contribution in [1.82, 2.24) is 4.98 Å². The van der Waals surface area contributed by atoms with Crippen molar-refractivity contribution in [1.29, 1.82) is 0 Å². The van der Waals surface area contributed by atoms with Gasteiger partial charge in [-0.05, 0) is 17.7 Å². The van der Waals surface area contributed by atoms with E-state index >= 15 is 0 Å². The maximum atomic E-state index is 13.7. The highest BCUT2D eigenvalue weighted by molar-refractivity contribution is 5.84. The molecule has 3 nitrogen and oxygen atoms in total. The number of hydrogen-bond donors (Lipinski definition) is 0. The fourth-order valence-corrected chi connectivity index (χ4v) is 1.83. The van der Waals surface area contributed by atoms with Gasteiger partial charge >= 0.3 is 0 Å². The molecule has 0 radical (unpaired) electrons. The van der Waals surface area contributed by atoms with Gasteiger partial charge in [-0.2, -0.15) is 0 Å². The third-order valence-corrected chi connectivity index (χ3v) is 2.72. The van der Waals surface area contributed by atoms with Crippen molar-refractivity contribution in [2.75, 3.05) is 13.7 Å². The zero-order chi connectivity index (χ0) is 11.1. The Morgan fingerprint density at radius 1 is 1.50 bits per heavy atom. The summed E-state index contributed by atoms with van der Waals surface area (Å²) in [6, 6.07) is 4.99. The van der Waals surface area contributed by atoms with Crippen LogP contribution in [0.1, 0.15) is 11.7 Å². The zero-order valence-electron chi connectivity index (χ0n) is 8.74. The van der Waals surface area contributed by atoms with E-state index in [9.17, 15) is 4.39 Å². The lowest BCUT2D eigenvalue weighted by Gasteiger charge is -2.06. The summed E-state index contributed by atoms with van der Waals surface area (Å²) in [6.07, 6.45) is 1.69. The van der Waals surface area contributed by atoms with E-state index in [0.717, 1.165) is 10.9 Å². The number of fused-ring (bicyclic) bond motifs is 1. The lowest BCUT2D eigenvalue weighted by molar-refractivity contribution is 0.411. The molecule has 3 rings (SSSR count). The summed E-state index contributed by atoms with van der Waals surface area (Å²) in [5.41, 5.74) is 1.34. The van der Waals surface area contributed by atoms with Crippen LogP contribution in [0.2, 0.25) is 0 Å². The highest BCUT2D eigenvalue weighted by atomic mass is 19.1. The molecule has 82 valence electrons. The van der Waals surface area contributed by atoms with Crippen LogP contribution in [0.5, 0.6) is 5.75 Å². The minimum absolute atomic E-state index is 0.0806. The van der Waals surface area contributed by atoms with Crippen LogP contribution in [0.25, 0.3) is 10.9 Å². The first kappa shape index (κ1) is 9.54. The van der Waals surface area contributed by atoms with Gasteiger partial charge in [-0.15, -0.1) is 0 Å². The van der Waals surface area contributed by atoms with Gasteiger partial charge in [0.05, 0.1) is 13.7 Å². The molecule has 0 spiro atoms. The quantitative estimate of drug-likeness (QED) is 0.727. The van der Waals surface area contributed by atoms with Crippen LogP contribution in [-0.2, 0) is 4.74 Å². The van der Waals surface area contributed by atoms with Crippen LogP contribution < -0.4 is 4.74 Å². The Morgan fingerprint density at radius 3 is 3.00 bits per heavy atom. The zero-order valence-corrected chi connectivity index (χ0v) is 8.74. The van der Waals surface area contributed by atoms with Crippen LogP contribution in [-0.4, -0.2) is 18.7 Å². The van der Waals surface area contributed by atoms with Gasteiger partial charge in [-0.25, -0.2) is 4.39 Å². The number of hydrogen-bond acceptors (Lipinski definition) is 3. The fourth-order valence-electron chi connectivity index (χ4n) is 1.83. The Balaban J connectivity index is 2.31. The van der Waals surface area contributed by atoms with Gasteiger partial charge in [0.25, 0.3) is 0 Å². The van der Waals surface area contributed by atoms with E-state index in [2.05, 4.69) is 4.98 Å². The Hall–Kier alpha value is -1.68. The molecular formula is C12H10FNO2. The molecule has 1 unspecified atom stereocenters. The maximum Gasteiger partial charge on any atom is 0.153 e. The molecule has 1 atom stereocenters. The average Bonchev–Trinajstić information content (AvgIpc) is 3.12. The minimum atomic E-state index is -0.364. The number of nitrogens with zero attached hydrogens (tertiary/aromatic N) is 1. The summed E-state index contributed by atoms with van der Waals surface area (Å²) in [7, 11) is 1.52. The van der Waals surface area contributed by atoms with Crippen molar-refractivity contribution in [2.24, 2.45) is 0 Å². The van der Waals surface area contributed by atoms with Gasteiger partial charge in [0.1, 0.15) is 17.4 Å². The van der Waals surface area contributed by atoms with Gasteiger partial charge in [0, 0.05) is 17.6 Å². The molecule has 4 heteroatoms. The van der Waals surface area contributed by atoms with Gasteiger partial charge in [-0.3, -0.25) is 4.98 Å². The number of ether oxygens (including phenoxy) is 2. The topological polar surface area (TPSA) is 34.6 Å². The predicted molar refractivity (Wildman–Crippen MR) is 56.9 cm³/mol. The molecule has 1 aromatic heterocycles. The van der Waals surface area contributed by atoms with Crippen molar-refractivity contribution in [3.63, 3.8) is 0 Å². The van der Waals surface area contributed by atoms with Crippen LogP contribution in [0.4, 0.5) is 4.39 Å².